The standard InChI is InChI=1S/C16H19N3O3/c1-10-9-19(7-6-11(10)16(21)22)15(20)8-14-12-4-2-3-5-13(12)17-18-14/h2-5,10-11H,6-9H2,1H3,(H,17,18)(H,21,22). The molecule has 1 aromatic heterocycles. The number of piperidine rings is 1. The molecule has 2 heterocycles. The number of aliphatic carboxylic acids is 1. The highest BCUT2D eigenvalue weighted by atomic mass is 16.4. The van der Waals surface area contributed by atoms with Crippen LogP contribution in [-0.2, 0) is 16.0 Å². The Kier molecular flexibility index (Phi) is 3.83. The molecule has 2 atom stereocenters. The molecular formula is C16H19N3O3. The maximum absolute atomic E-state index is 12.5. The molecule has 1 fully saturated rings. The molecule has 0 spiro atoms. The van der Waals surface area contributed by atoms with Crippen molar-refractivity contribution < 1.29 is 14.7 Å². The van der Waals surface area contributed by atoms with E-state index in [2.05, 4.69) is 10.2 Å². The van der Waals surface area contributed by atoms with Crippen molar-refractivity contribution in [1.29, 1.82) is 0 Å². The molecule has 6 nitrogen and oxygen atoms in total. The smallest absolute Gasteiger partial charge is 0.306 e. The predicted molar refractivity (Wildman–Crippen MR) is 81.3 cm³/mol. The summed E-state index contributed by atoms with van der Waals surface area (Å²) in [5.74, 6) is -1.12. The van der Waals surface area contributed by atoms with Gasteiger partial charge < -0.3 is 10.0 Å². The van der Waals surface area contributed by atoms with Gasteiger partial charge in [0.2, 0.25) is 5.91 Å². The SMILES string of the molecule is CC1CN(C(=O)Cc2[nH]nc3ccccc23)CCC1C(=O)O. The molecule has 0 bridgehead atoms. The van der Waals surface area contributed by atoms with E-state index in [1.165, 1.54) is 0 Å². The van der Waals surface area contributed by atoms with E-state index in [0.29, 0.717) is 19.5 Å². The highest BCUT2D eigenvalue weighted by Gasteiger charge is 2.33. The maximum Gasteiger partial charge on any atom is 0.306 e. The molecule has 2 aromatic rings. The number of para-hydroxylation sites is 1. The van der Waals surface area contributed by atoms with Crippen LogP contribution in [0.3, 0.4) is 0 Å². The summed E-state index contributed by atoms with van der Waals surface area (Å²) in [6.45, 7) is 2.90. The number of aromatic nitrogens is 2. The number of aromatic amines is 1. The van der Waals surface area contributed by atoms with Crippen LogP contribution in [0.25, 0.3) is 10.9 Å². The second-order valence-corrected chi connectivity index (χ2v) is 5.95. The fourth-order valence-electron chi connectivity index (χ4n) is 3.15. The first-order valence-electron chi connectivity index (χ1n) is 7.49. The van der Waals surface area contributed by atoms with Crippen molar-refractivity contribution in [3.05, 3.63) is 30.0 Å². The van der Waals surface area contributed by atoms with Gasteiger partial charge in [0.05, 0.1) is 23.5 Å². The van der Waals surface area contributed by atoms with Crippen LogP contribution in [0.4, 0.5) is 0 Å². The molecule has 1 saturated heterocycles. The lowest BCUT2D eigenvalue weighted by Crippen LogP contribution is -2.45. The van der Waals surface area contributed by atoms with Gasteiger partial charge in [0.15, 0.2) is 0 Å². The van der Waals surface area contributed by atoms with Crippen LogP contribution in [0.1, 0.15) is 19.0 Å². The van der Waals surface area contributed by atoms with Crippen LogP contribution in [0.15, 0.2) is 24.3 Å². The summed E-state index contributed by atoms with van der Waals surface area (Å²) >= 11 is 0. The first-order chi connectivity index (χ1) is 10.6. The molecule has 1 aliphatic heterocycles. The van der Waals surface area contributed by atoms with Crippen LogP contribution in [0, 0.1) is 11.8 Å². The largest absolute Gasteiger partial charge is 0.481 e. The molecule has 0 radical (unpaired) electrons. The zero-order valence-electron chi connectivity index (χ0n) is 12.5. The van der Waals surface area contributed by atoms with E-state index in [9.17, 15) is 9.59 Å². The van der Waals surface area contributed by atoms with Crippen molar-refractivity contribution in [2.75, 3.05) is 13.1 Å². The van der Waals surface area contributed by atoms with Crippen molar-refractivity contribution in [1.82, 2.24) is 15.1 Å². The van der Waals surface area contributed by atoms with E-state index in [1.807, 2.05) is 31.2 Å². The number of hydrogen-bond donors (Lipinski definition) is 2. The van der Waals surface area contributed by atoms with Crippen LogP contribution in [-0.4, -0.2) is 45.2 Å². The number of carbonyl (C=O) groups is 2. The number of fused-ring (bicyclic) bond motifs is 1. The lowest BCUT2D eigenvalue weighted by molar-refractivity contribution is -0.148. The quantitative estimate of drug-likeness (QED) is 0.903. The number of hydrogen-bond acceptors (Lipinski definition) is 3. The Labute approximate surface area is 128 Å². The molecule has 6 heteroatoms. The normalized spacial score (nSPS) is 22.0. The van der Waals surface area contributed by atoms with Crippen LogP contribution in [0.5, 0.6) is 0 Å². The average Bonchev–Trinajstić information content (AvgIpc) is 2.90. The first-order valence-corrected chi connectivity index (χ1v) is 7.49. The van der Waals surface area contributed by atoms with Crippen molar-refractivity contribution in [2.45, 2.75) is 19.8 Å². The summed E-state index contributed by atoms with van der Waals surface area (Å²) in [5.41, 5.74) is 1.66. The van der Waals surface area contributed by atoms with Gasteiger partial charge in [0, 0.05) is 18.5 Å². The lowest BCUT2D eigenvalue weighted by Gasteiger charge is -2.34. The van der Waals surface area contributed by atoms with Crippen molar-refractivity contribution in [2.24, 2.45) is 11.8 Å². The highest BCUT2D eigenvalue weighted by molar-refractivity contribution is 5.87. The number of nitrogens with one attached hydrogen (secondary N) is 1. The molecule has 0 saturated carbocycles. The molecule has 1 aliphatic rings. The van der Waals surface area contributed by atoms with E-state index >= 15 is 0 Å². The highest BCUT2D eigenvalue weighted by Crippen LogP contribution is 2.24. The molecule has 2 N–H and O–H groups in total. The number of likely N-dealkylation sites (tertiary alicyclic amines) is 1. The molecule has 1 aromatic carbocycles. The minimum atomic E-state index is -0.765. The molecule has 3 rings (SSSR count). The lowest BCUT2D eigenvalue weighted by atomic mass is 9.87. The van der Waals surface area contributed by atoms with Gasteiger partial charge in [-0.3, -0.25) is 14.7 Å². The zero-order valence-corrected chi connectivity index (χ0v) is 12.5. The average molecular weight is 301 g/mol. The van der Waals surface area contributed by atoms with Gasteiger partial charge in [-0.1, -0.05) is 25.1 Å². The summed E-state index contributed by atoms with van der Waals surface area (Å²) in [6, 6.07) is 7.68. The Morgan fingerprint density at radius 1 is 1.41 bits per heavy atom. The third-order valence-corrected chi connectivity index (χ3v) is 4.44. The number of benzene rings is 1. The van der Waals surface area contributed by atoms with Gasteiger partial charge in [-0.25, -0.2) is 0 Å². The Balaban J connectivity index is 1.69. The summed E-state index contributed by atoms with van der Waals surface area (Å²) < 4.78 is 0. The van der Waals surface area contributed by atoms with Crippen LogP contribution < -0.4 is 0 Å². The Morgan fingerprint density at radius 3 is 2.91 bits per heavy atom. The minimum absolute atomic E-state index is 0.0186. The van der Waals surface area contributed by atoms with E-state index < -0.39 is 5.97 Å². The van der Waals surface area contributed by atoms with Crippen LogP contribution in [0.2, 0.25) is 0 Å². The molecule has 1 amide bonds. The Bertz CT molecular complexity index is 709. The van der Waals surface area contributed by atoms with Gasteiger partial charge in [-0.2, -0.15) is 5.10 Å². The molecular weight excluding hydrogens is 282 g/mol. The fourth-order valence-corrected chi connectivity index (χ4v) is 3.15. The molecule has 0 aliphatic carbocycles. The van der Waals surface area contributed by atoms with Gasteiger partial charge in [-0.15, -0.1) is 0 Å². The molecule has 22 heavy (non-hydrogen) atoms. The van der Waals surface area contributed by atoms with Crippen LogP contribution >= 0.6 is 0 Å². The van der Waals surface area contributed by atoms with E-state index in [4.69, 9.17) is 5.11 Å². The number of carbonyl (C=O) groups excluding carboxylic acids is 1. The summed E-state index contributed by atoms with van der Waals surface area (Å²) in [6.07, 6.45) is 0.789. The first kappa shape index (κ1) is 14.6. The Morgan fingerprint density at radius 2 is 2.18 bits per heavy atom. The number of carboxylic acid groups (broad SMARTS) is 1. The predicted octanol–water partition coefficient (Wildman–Crippen LogP) is 1.67. The maximum atomic E-state index is 12.5. The Hall–Kier alpha value is -2.37. The number of nitrogens with zero attached hydrogens (tertiary/aromatic N) is 2. The number of rotatable bonds is 3. The summed E-state index contributed by atoms with van der Waals surface area (Å²) in [7, 11) is 0. The van der Waals surface area contributed by atoms with E-state index in [-0.39, 0.29) is 24.2 Å². The second-order valence-electron chi connectivity index (χ2n) is 5.95. The van der Waals surface area contributed by atoms with Crippen molar-refractivity contribution in [3.8, 4) is 0 Å². The van der Waals surface area contributed by atoms with E-state index in [1.54, 1.807) is 4.90 Å². The zero-order chi connectivity index (χ0) is 15.7. The monoisotopic (exact) mass is 301 g/mol. The number of H-pyrrole nitrogens is 1. The summed E-state index contributed by atoms with van der Waals surface area (Å²) in [4.78, 5) is 25.4. The van der Waals surface area contributed by atoms with Crippen molar-refractivity contribution >= 4 is 22.8 Å². The van der Waals surface area contributed by atoms with E-state index in [0.717, 1.165) is 16.6 Å². The minimum Gasteiger partial charge on any atom is -0.481 e. The molecule has 116 valence electrons. The molecule has 2 unspecified atom stereocenters. The van der Waals surface area contributed by atoms with Crippen molar-refractivity contribution in [3.63, 3.8) is 0 Å². The third kappa shape index (κ3) is 2.68. The number of carboxylic acids is 1. The fraction of sp³-hybridized carbons (Fsp3) is 0.438. The van der Waals surface area contributed by atoms with Gasteiger partial charge >= 0.3 is 5.97 Å². The van der Waals surface area contributed by atoms with Gasteiger partial charge in [0.25, 0.3) is 0 Å². The third-order valence-electron chi connectivity index (χ3n) is 4.44. The number of amides is 1. The van der Waals surface area contributed by atoms with Gasteiger partial charge in [0.1, 0.15) is 0 Å². The summed E-state index contributed by atoms with van der Waals surface area (Å²) in [5, 5.41) is 17.2. The topological polar surface area (TPSA) is 86.3 Å². The van der Waals surface area contributed by atoms with Gasteiger partial charge in [-0.05, 0) is 18.4 Å². The second kappa shape index (κ2) is 5.79.